The Kier molecular flexibility index (Phi) is 9.92. The fourth-order valence-corrected chi connectivity index (χ4v) is 7.50. The van der Waals surface area contributed by atoms with Crippen molar-refractivity contribution < 1.29 is 0 Å². The van der Waals surface area contributed by atoms with Crippen LogP contribution in [0.1, 0.15) is 54.1 Å². The van der Waals surface area contributed by atoms with Gasteiger partial charge < -0.3 is 20.5 Å². The summed E-state index contributed by atoms with van der Waals surface area (Å²) in [5.74, 6) is 1.06. The van der Waals surface area contributed by atoms with Gasteiger partial charge in [0.1, 0.15) is 16.5 Å². The number of thiazole rings is 1. The normalized spacial score (nSPS) is 16.8. The Morgan fingerprint density at radius 3 is 2.66 bits per heavy atom. The molecule has 1 aliphatic carbocycles. The van der Waals surface area contributed by atoms with Crippen molar-refractivity contribution in [2.45, 2.75) is 51.5 Å². The van der Waals surface area contributed by atoms with E-state index in [0.29, 0.717) is 17.8 Å². The van der Waals surface area contributed by atoms with E-state index < -0.39 is 0 Å². The van der Waals surface area contributed by atoms with Gasteiger partial charge in [-0.15, -0.1) is 11.3 Å². The third-order valence-corrected chi connectivity index (χ3v) is 9.86. The summed E-state index contributed by atoms with van der Waals surface area (Å²) >= 11 is 7.97. The molecule has 3 N–H and O–H groups in total. The first-order valence-corrected chi connectivity index (χ1v) is 17.0. The van der Waals surface area contributed by atoms with Gasteiger partial charge in [-0.25, -0.2) is 9.97 Å². The highest BCUT2D eigenvalue weighted by Crippen LogP contribution is 2.42. The summed E-state index contributed by atoms with van der Waals surface area (Å²) in [4.78, 5) is 16.5. The lowest BCUT2D eigenvalue weighted by Crippen LogP contribution is -2.28. The van der Waals surface area contributed by atoms with Crippen LogP contribution < -0.4 is 11.1 Å². The zero-order valence-electron chi connectivity index (χ0n) is 25.7. The van der Waals surface area contributed by atoms with Crippen molar-refractivity contribution >= 4 is 39.8 Å². The predicted octanol–water partition coefficient (Wildman–Crippen LogP) is 7.19. The van der Waals surface area contributed by atoms with E-state index in [1.54, 1.807) is 11.3 Å². The molecule has 1 fully saturated rings. The van der Waals surface area contributed by atoms with Crippen LogP contribution in [0.2, 0.25) is 5.28 Å². The summed E-state index contributed by atoms with van der Waals surface area (Å²) in [5, 5.41) is 7.73. The molecule has 0 spiro atoms. The number of hydrogen-bond donors (Lipinski definition) is 2. The van der Waals surface area contributed by atoms with Crippen LogP contribution in [0.25, 0.3) is 21.6 Å². The minimum atomic E-state index is 0.187. The Morgan fingerprint density at radius 2 is 1.84 bits per heavy atom. The molecule has 230 valence electrons. The number of aryl methyl sites for hydroxylation is 1. The molecule has 3 heterocycles. The first-order valence-electron chi connectivity index (χ1n) is 15.7. The molecule has 7 nitrogen and oxygen atoms in total. The maximum absolute atomic E-state index is 6.46. The standard InChI is InChI=1S/C35H42ClN7S/c1-24-9-11-25(12-10-24)15-17-38-16-6-18-42(2)21-27-13-14-29(20-27)43-22-30(31-32(37)40-35(36)41-33(31)43)34-39-28(23-44-34)19-26-7-4-3-5-8-26/h3-5,7-12,22-23,27,29,38H,6,13-21H2,1-2H3,(H2,37,40,41)/t27-,29+/m1/s1. The van der Waals surface area contributed by atoms with Gasteiger partial charge in [-0.2, -0.15) is 4.98 Å². The van der Waals surface area contributed by atoms with E-state index in [9.17, 15) is 0 Å². The van der Waals surface area contributed by atoms with Crippen LogP contribution in [0.4, 0.5) is 5.82 Å². The van der Waals surface area contributed by atoms with Gasteiger partial charge in [-0.3, -0.25) is 0 Å². The lowest BCUT2D eigenvalue weighted by Gasteiger charge is -2.21. The molecule has 6 rings (SSSR count). The number of hydrogen-bond acceptors (Lipinski definition) is 7. The van der Waals surface area contributed by atoms with Gasteiger partial charge in [0.15, 0.2) is 0 Å². The number of aromatic nitrogens is 4. The zero-order valence-corrected chi connectivity index (χ0v) is 27.2. The second-order valence-electron chi connectivity index (χ2n) is 12.3. The molecular weight excluding hydrogens is 586 g/mol. The molecule has 0 bridgehead atoms. The van der Waals surface area contributed by atoms with E-state index in [4.69, 9.17) is 22.3 Å². The van der Waals surface area contributed by atoms with E-state index in [-0.39, 0.29) is 5.28 Å². The second kappa shape index (κ2) is 14.2. The van der Waals surface area contributed by atoms with Crippen LogP contribution >= 0.6 is 22.9 Å². The van der Waals surface area contributed by atoms with Gasteiger partial charge in [0.2, 0.25) is 5.28 Å². The molecule has 0 saturated heterocycles. The topological polar surface area (TPSA) is 84.9 Å². The maximum Gasteiger partial charge on any atom is 0.226 e. The van der Waals surface area contributed by atoms with Crippen molar-refractivity contribution in [3.8, 4) is 10.6 Å². The van der Waals surface area contributed by atoms with Crippen LogP contribution in [0.15, 0.2) is 66.2 Å². The van der Waals surface area contributed by atoms with Crippen molar-refractivity contribution in [2.75, 3.05) is 39.0 Å². The number of anilines is 1. The number of nitrogen functional groups attached to an aromatic ring is 1. The SMILES string of the molecule is Cc1ccc(CCNCCCN(C)C[C@@H]2CC[C@H](n3cc(-c4nc(Cc5ccccc5)cs4)c4c(N)nc(Cl)nc43)C2)cc1. The summed E-state index contributed by atoms with van der Waals surface area (Å²) in [6.07, 6.45) is 8.65. The summed E-state index contributed by atoms with van der Waals surface area (Å²) in [6.45, 7) is 6.42. The van der Waals surface area contributed by atoms with Crippen LogP contribution in [0.5, 0.6) is 0 Å². The average Bonchev–Trinajstić information content (AvgIpc) is 3.75. The summed E-state index contributed by atoms with van der Waals surface area (Å²) < 4.78 is 2.30. The maximum atomic E-state index is 6.46. The highest BCUT2D eigenvalue weighted by atomic mass is 35.5. The second-order valence-corrected chi connectivity index (χ2v) is 13.5. The first kappa shape index (κ1) is 30.7. The van der Waals surface area contributed by atoms with E-state index in [2.05, 4.69) is 98.8 Å². The summed E-state index contributed by atoms with van der Waals surface area (Å²) in [7, 11) is 2.26. The lowest BCUT2D eigenvalue weighted by molar-refractivity contribution is 0.270. The highest BCUT2D eigenvalue weighted by Gasteiger charge is 2.30. The Hall–Kier alpha value is -3.30. The Bertz CT molecular complexity index is 1660. The largest absolute Gasteiger partial charge is 0.383 e. The predicted molar refractivity (Wildman–Crippen MR) is 184 cm³/mol. The van der Waals surface area contributed by atoms with E-state index >= 15 is 0 Å². The van der Waals surface area contributed by atoms with Gasteiger partial charge in [0.25, 0.3) is 0 Å². The molecule has 3 aromatic heterocycles. The average molecular weight is 628 g/mol. The van der Waals surface area contributed by atoms with Gasteiger partial charge in [0, 0.05) is 36.1 Å². The molecule has 5 aromatic rings. The number of halogens is 1. The van der Waals surface area contributed by atoms with Gasteiger partial charge in [-0.1, -0.05) is 60.2 Å². The van der Waals surface area contributed by atoms with Gasteiger partial charge in [-0.05, 0) is 94.4 Å². The van der Waals surface area contributed by atoms with E-state index in [0.717, 1.165) is 85.6 Å². The molecule has 9 heteroatoms. The molecule has 0 aliphatic heterocycles. The van der Waals surface area contributed by atoms with Crippen LogP contribution in [-0.2, 0) is 12.8 Å². The Labute approximate surface area is 269 Å². The molecule has 2 atom stereocenters. The van der Waals surface area contributed by atoms with Crippen molar-refractivity contribution in [1.82, 2.24) is 29.7 Å². The third-order valence-electron chi connectivity index (χ3n) is 8.76. The molecule has 0 radical (unpaired) electrons. The molecule has 0 amide bonds. The number of benzene rings is 2. The number of nitrogens with zero attached hydrogens (tertiary/aromatic N) is 5. The van der Waals surface area contributed by atoms with Gasteiger partial charge in [0.05, 0.1) is 11.1 Å². The fraction of sp³-hybridized carbons (Fsp3) is 0.400. The number of nitrogens with two attached hydrogens (primary N) is 1. The molecule has 1 saturated carbocycles. The Morgan fingerprint density at radius 1 is 1.02 bits per heavy atom. The fourth-order valence-electron chi connectivity index (χ4n) is 6.49. The Balaban J connectivity index is 1.05. The monoisotopic (exact) mass is 627 g/mol. The molecule has 2 aromatic carbocycles. The van der Waals surface area contributed by atoms with Crippen molar-refractivity contribution in [3.05, 3.63) is 93.8 Å². The summed E-state index contributed by atoms with van der Waals surface area (Å²) in [5.41, 5.74) is 13.3. The van der Waals surface area contributed by atoms with Crippen molar-refractivity contribution in [3.63, 3.8) is 0 Å². The first-order chi connectivity index (χ1) is 21.4. The minimum Gasteiger partial charge on any atom is -0.383 e. The smallest absolute Gasteiger partial charge is 0.226 e. The van der Waals surface area contributed by atoms with E-state index in [1.165, 1.54) is 23.1 Å². The number of rotatable bonds is 13. The molecular formula is C35H42ClN7S. The molecule has 0 unspecified atom stereocenters. The third kappa shape index (κ3) is 7.49. The number of fused-ring (bicyclic) bond motifs is 1. The van der Waals surface area contributed by atoms with Crippen LogP contribution in [-0.4, -0.2) is 57.6 Å². The zero-order chi connectivity index (χ0) is 30.5. The van der Waals surface area contributed by atoms with Crippen LogP contribution in [0, 0.1) is 12.8 Å². The van der Waals surface area contributed by atoms with E-state index in [1.807, 2.05) is 6.07 Å². The lowest BCUT2D eigenvalue weighted by atomic mass is 10.1. The molecule has 1 aliphatic rings. The highest BCUT2D eigenvalue weighted by molar-refractivity contribution is 7.13. The summed E-state index contributed by atoms with van der Waals surface area (Å²) in [6, 6.07) is 19.6. The molecule has 44 heavy (non-hydrogen) atoms. The minimum absolute atomic E-state index is 0.187. The van der Waals surface area contributed by atoms with Gasteiger partial charge >= 0.3 is 0 Å². The quantitative estimate of drug-likeness (QED) is 0.106. The van der Waals surface area contributed by atoms with Crippen molar-refractivity contribution in [1.29, 1.82) is 0 Å². The number of nitrogens with one attached hydrogen (secondary N) is 1. The van der Waals surface area contributed by atoms with Crippen LogP contribution in [0.3, 0.4) is 0 Å². The van der Waals surface area contributed by atoms with Crippen molar-refractivity contribution in [2.24, 2.45) is 5.92 Å².